The van der Waals surface area contributed by atoms with Gasteiger partial charge in [-0.2, -0.15) is 4.37 Å². The fraction of sp³-hybridized carbons (Fsp3) is 0.167. The molecular formula is C6H6N4S. The van der Waals surface area contributed by atoms with Gasteiger partial charge in [0.25, 0.3) is 0 Å². The number of aromatic nitrogens is 3. The maximum atomic E-state index is 5.46. The van der Waals surface area contributed by atoms with Gasteiger partial charge in [-0.3, -0.25) is 0 Å². The molecule has 0 radical (unpaired) electrons. The summed E-state index contributed by atoms with van der Waals surface area (Å²) in [5.41, 5.74) is 6.33. The highest BCUT2D eigenvalue weighted by atomic mass is 32.1. The standard InChI is InChI=1S/C6H6N4S/c7-1-5-4-2-10-11-6(4)9-3-8-5/h2-3H,1,7H2. The first-order valence-corrected chi connectivity index (χ1v) is 3.93. The summed E-state index contributed by atoms with van der Waals surface area (Å²) < 4.78 is 3.99. The predicted molar refractivity (Wildman–Crippen MR) is 43.1 cm³/mol. The van der Waals surface area contributed by atoms with Gasteiger partial charge in [0.1, 0.15) is 11.2 Å². The molecule has 2 aromatic rings. The van der Waals surface area contributed by atoms with E-state index in [-0.39, 0.29) is 0 Å². The summed E-state index contributed by atoms with van der Waals surface area (Å²) in [6, 6.07) is 0. The fourth-order valence-corrected chi connectivity index (χ4v) is 1.53. The Morgan fingerprint density at radius 1 is 1.45 bits per heavy atom. The number of hydrogen-bond acceptors (Lipinski definition) is 5. The van der Waals surface area contributed by atoms with Gasteiger partial charge in [-0.1, -0.05) is 0 Å². The molecule has 2 rings (SSSR count). The van der Waals surface area contributed by atoms with Crippen molar-refractivity contribution in [3.05, 3.63) is 18.2 Å². The minimum atomic E-state index is 0.442. The summed E-state index contributed by atoms with van der Waals surface area (Å²) in [6.07, 6.45) is 3.27. The summed E-state index contributed by atoms with van der Waals surface area (Å²) in [7, 11) is 0. The molecule has 0 aromatic carbocycles. The molecule has 2 heterocycles. The summed E-state index contributed by atoms with van der Waals surface area (Å²) in [6.45, 7) is 0.442. The van der Waals surface area contributed by atoms with Crippen molar-refractivity contribution in [1.29, 1.82) is 0 Å². The molecular weight excluding hydrogens is 160 g/mol. The summed E-state index contributed by atoms with van der Waals surface area (Å²) in [5, 5.41) is 0.972. The molecule has 0 saturated heterocycles. The Hall–Kier alpha value is -1.07. The lowest BCUT2D eigenvalue weighted by atomic mass is 10.3. The molecule has 11 heavy (non-hydrogen) atoms. The number of hydrogen-bond donors (Lipinski definition) is 1. The van der Waals surface area contributed by atoms with Crippen LogP contribution in [0.3, 0.4) is 0 Å². The molecule has 0 amide bonds. The van der Waals surface area contributed by atoms with Crippen LogP contribution in [0.2, 0.25) is 0 Å². The summed E-state index contributed by atoms with van der Waals surface area (Å²) in [5.74, 6) is 0. The molecule has 2 aromatic heterocycles. The Morgan fingerprint density at radius 3 is 3.18 bits per heavy atom. The van der Waals surface area contributed by atoms with Crippen LogP contribution in [-0.4, -0.2) is 14.3 Å². The average molecular weight is 166 g/mol. The van der Waals surface area contributed by atoms with Crippen LogP contribution >= 0.6 is 11.5 Å². The summed E-state index contributed by atoms with van der Waals surface area (Å²) in [4.78, 5) is 8.97. The third kappa shape index (κ3) is 0.979. The van der Waals surface area contributed by atoms with Crippen molar-refractivity contribution in [3.8, 4) is 0 Å². The molecule has 0 saturated carbocycles. The van der Waals surface area contributed by atoms with Crippen molar-refractivity contribution in [2.24, 2.45) is 5.73 Å². The van der Waals surface area contributed by atoms with Gasteiger partial charge >= 0.3 is 0 Å². The molecule has 0 fully saturated rings. The molecule has 0 unspecified atom stereocenters. The molecule has 0 atom stereocenters. The minimum Gasteiger partial charge on any atom is -0.325 e. The van der Waals surface area contributed by atoms with Crippen LogP contribution in [0.15, 0.2) is 12.5 Å². The normalized spacial score (nSPS) is 10.6. The minimum absolute atomic E-state index is 0.442. The Morgan fingerprint density at radius 2 is 2.36 bits per heavy atom. The number of nitrogens with zero attached hydrogens (tertiary/aromatic N) is 3. The van der Waals surface area contributed by atoms with Crippen LogP contribution < -0.4 is 5.73 Å². The molecule has 0 aliphatic rings. The molecule has 0 aliphatic carbocycles. The number of nitrogens with two attached hydrogens (primary N) is 1. The van der Waals surface area contributed by atoms with E-state index in [9.17, 15) is 0 Å². The van der Waals surface area contributed by atoms with Crippen LogP contribution in [0.5, 0.6) is 0 Å². The molecule has 5 heteroatoms. The quantitative estimate of drug-likeness (QED) is 0.671. The van der Waals surface area contributed by atoms with E-state index >= 15 is 0 Å². The third-order valence-electron chi connectivity index (χ3n) is 1.44. The van der Waals surface area contributed by atoms with E-state index in [2.05, 4.69) is 14.3 Å². The van der Waals surface area contributed by atoms with Gasteiger partial charge in [0.05, 0.1) is 17.3 Å². The highest BCUT2D eigenvalue weighted by Crippen LogP contribution is 2.16. The molecule has 0 aliphatic heterocycles. The monoisotopic (exact) mass is 166 g/mol. The Balaban J connectivity index is 2.79. The smallest absolute Gasteiger partial charge is 0.147 e. The molecule has 56 valence electrons. The first kappa shape index (κ1) is 6.63. The van der Waals surface area contributed by atoms with Crippen LogP contribution in [0.25, 0.3) is 10.2 Å². The van der Waals surface area contributed by atoms with Gasteiger partial charge in [0.2, 0.25) is 0 Å². The second-order valence-electron chi connectivity index (χ2n) is 2.07. The van der Waals surface area contributed by atoms with Crippen molar-refractivity contribution >= 4 is 21.7 Å². The van der Waals surface area contributed by atoms with E-state index in [0.29, 0.717) is 6.54 Å². The van der Waals surface area contributed by atoms with E-state index in [1.807, 2.05) is 0 Å². The van der Waals surface area contributed by atoms with E-state index in [1.54, 1.807) is 6.20 Å². The Bertz CT molecular complexity index is 369. The van der Waals surface area contributed by atoms with Gasteiger partial charge in [-0.15, -0.1) is 0 Å². The van der Waals surface area contributed by atoms with Crippen molar-refractivity contribution in [2.45, 2.75) is 6.54 Å². The molecule has 4 nitrogen and oxygen atoms in total. The molecule has 2 N–H and O–H groups in total. The lowest BCUT2D eigenvalue weighted by molar-refractivity contribution is 0.992. The number of fused-ring (bicyclic) bond motifs is 1. The van der Waals surface area contributed by atoms with Gasteiger partial charge in [0, 0.05) is 6.54 Å². The summed E-state index contributed by atoms with van der Waals surface area (Å²) >= 11 is 1.36. The largest absolute Gasteiger partial charge is 0.325 e. The SMILES string of the molecule is NCc1ncnc2sncc12. The lowest BCUT2D eigenvalue weighted by Crippen LogP contribution is -1.99. The second-order valence-corrected chi connectivity index (χ2v) is 2.85. The third-order valence-corrected chi connectivity index (χ3v) is 2.15. The van der Waals surface area contributed by atoms with Crippen LogP contribution in [0.4, 0.5) is 0 Å². The van der Waals surface area contributed by atoms with Gasteiger partial charge in [-0.25, -0.2) is 9.97 Å². The zero-order valence-corrected chi connectivity index (χ0v) is 6.51. The van der Waals surface area contributed by atoms with Crippen molar-refractivity contribution in [1.82, 2.24) is 14.3 Å². The highest BCUT2D eigenvalue weighted by molar-refractivity contribution is 7.12. The predicted octanol–water partition coefficient (Wildman–Crippen LogP) is 0.545. The van der Waals surface area contributed by atoms with E-state index in [4.69, 9.17) is 5.73 Å². The average Bonchev–Trinajstić information content (AvgIpc) is 2.50. The maximum absolute atomic E-state index is 5.46. The van der Waals surface area contributed by atoms with Crippen LogP contribution in [0, 0.1) is 0 Å². The van der Waals surface area contributed by atoms with Crippen molar-refractivity contribution in [2.75, 3.05) is 0 Å². The van der Waals surface area contributed by atoms with E-state index in [0.717, 1.165) is 15.9 Å². The Kier molecular flexibility index (Phi) is 1.52. The molecule has 0 bridgehead atoms. The zero-order chi connectivity index (χ0) is 7.68. The molecule has 0 spiro atoms. The van der Waals surface area contributed by atoms with Gasteiger partial charge in [0.15, 0.2) is 0 Å². The van der Waals surface area contributed by atoms with Crippen molar-refractivity contribution in [3.63, 3.8) is 0 Å². The fourth-order valence-electron chi connectivity index (χ4n) is 0.908. The van der Waals surface area contributed by atoms with E-state index < -0.39 is 0 Å². The first-order chi connectivity index (χ1) is 5.42. The van der Waals surface area contributed by atoms with E-state index in [1.165, 1.54) is 17.9 Å². The van der Waals surface area contributed by atoms with Gasteiger partial charge < -0.3 is 5.73 Å². The highest BCUT2D eigenvalue weighted by Gasteiger charge is 2.02. The zero-order valence-electron chi connectivity index (χ0n) is 5.69. The number of rotatable bonds is 1. The lowest BCUT2D eigenvalue weighted by Gasteiger charge is -1.93. The second kappa shape index (κ2) is 2.52. The van der Waals surface area contributed by atoms with Crippen LogP contribution in [0.1, 0.15) is 5.69 Å². The maximum Gasteiger partial charge on any atom is 0.147 e. The van der Waals surface area contributed by atoms with Gasteiger partial charge in [-0.05, 0) is 11.5 Å². The van der Waals surface area contributed by atoms with Crippen molar-refractivity contribution < 1.29 is 0 Å². The van der Waals surface area contributed by atoms with Crippen LogP contribution in [-0.2, 0) is 6.54 Å². The Labute approximate surface area is 67.3 Å². The topological polar surface area (TPSA) is 64.7 Å². The first-order valence-electron chi connectivity index (χ1n) is 3.16.